The van der Waals surface area contributed by atoms with Crippen molar-refractivity contribution in [2.75, 3.05) is 13.3 Å². The van der Waals surface area contributed by atoms with Crippen molar-refractivity contribution >= 4 is 5.91 Å². The van der Waals surface area contributed by atoms with Gasteiger partial charge in [0.05, 0.1) is 5.56 Å². The summed E-state index contributed by atoms with van der Waals surface area (Å²) in [7, 11) is 0. The molecular weight excluding hydrogens is 289 g/mol. The molecule has 0 saturated carbocycles. The van der Waals surface area contributed by atoms with Crippen LogP contribution in [-0.2, 0) is 6.42 Å². The topological polar surface area (TPSA) is 67.8 Å². The fourth-order valence-corrected chi connectivity index (χ4v) is 2.18. The largest absolute Gasteiger partial charge is 0.507 e. The van der Waals surface area contributed by atoms with Gasteiger partial charge >= 0.3 is 0 Å². The van der Waals surface area contributed by atoms with Gasteiger partial charge in [0.15, 0.2) is 11.5 Å². The number of fused-ring (bicyclic) bond motifs is 1. The molecule has 2 N–H and O–H groups in total. The van der Waals surface area contributed by atoms with Crippen LogP contribution >= 0.6 is 0 Å². The minimum Gasteiger partial charge on any atom is -0.507 e. The SMILES string of the molecule is O=C(NCCc1ccc(F)cc1)c1cc2c(cc1O)OCO2. The van der Waals surface area contributed by atoms with Crippen LogP contribution in [0.1, 0.15) is 15.9 Å². The molecule has 0 fully saturated rings. The van der Waals surface area contributed by atoms with E-state index in [0.717, 1.165) is 5.56 Å². The zero-order valence-electron chi connectivity index (χ0n) is 11.6. The molecule has 0 aliphatic carbocycles. The third kappa shape index (κ3) is 2.95. The molecule has 3 rings (SSSR count). The Kier molecular flexibility index (Phi) is 3.82. The molecule has 0 atom stereocenters. The number of ether oxygens (including phenoxy) is 2. The predicted molar refractivity (Wildman–Crippen MR) is 76.7 cm³/mol. The van der Waals surface area contributed by atoms with E-state index in [1.54, 1.807) is 12.1 Å². The van der Waals surface area contributed by atoms with Crippen LogP contribution in [0.15, 0.2) is 36.4 Å². The maximum absolute atomic E-state index is 12.8. The first-order chi connectivity index (χ1) is 10.6. The van der Waals surface area contributed by atoms with Crippen molar-refractivity contribution in [2.24, 2.45) is 0 Å². The number of hydrogen-bond acceptors (Lipinski definition) is 4. The molecule has 1 amide bonds. The van der Waals surface area contributed by atoms with Gasteiger partial charge in [-0.3, -0.25) is 4.79 Å². The van der Waals surface area contributed by atoms with Crippen LogP contribution in [0.3, 0.4) is 0 Å². The van der Waals surface area contributed by atoms with Crippen LogP contribution in [0.25, 0.3) is 0 Å². The van der Waals surface area contributed by atoms with Crippen LogP contribution in [0.5, 0.6) is 17.2 Å². The van der Waals surface area contributed by atoms with Crippen LogP contribution in [0.2, 0.25) is 0 Å². The van der Waals surface area contributed by atoms with Gasteiger partial charge < -0.3 is 19.9 Å². The summed E-state index contributed by atoms with van der Waals surface area (Å²) in [6.07, 6.45) is 0.567. The number of benzene rings is 2. The Labute approximate surface area is 126 Å². The number of halogens is 1. The Bertz CT molecular complexity index is 700. The molecule has 0 saturated heterocycles. The number of phenols is 1. The third-order valence-electron chi connectivity index (χ3n) is 3.35. The van der Waals surface area contributed by atoms with E-state index in [2.05, 4.69) is 5.32 Å². The molecular formula is C16H14FNO4. The number of aromatic hydroxyl groups is 1. The average Bonchev–Trinajstić information content (AvgIpc) is 2.95. The molecule has 2 aromatic carbocycles. The number of carbonyl (C=O) groups is 1. The lowest BCUT2D eigenvalue weighted by Gasteiger charge is -2.08. The van der Waals surface area contributed by atoms with E-state index in [4.69, 9.17) is 9.47 Å². The number of nitrogens with one attached hydrogen (secondary N) is 1. The predicted octanol–water partition coefficient (Wildman–Crippen LogP) is 2.23. The second-order valence-corrected chi connectivity index (χ2v) is 4.85. The van der Waals surface area contributed by atoms with E-state index in [0.29, 0.717) is 24.5 Å². The molecule has 0 unspecified atom stereocenters. The molecule has 114 valence electrons. The van der Waals surface area contributed by atoms with Gasteiger partial charge in [0.25, 0.3) is 5.91 Å². The summed E-state index contributed by atoms with van der Waals surface area (Å²) in [5.41, 5.74) is 1.04. The molecule has 1 aliphatic heterocycles. The van der Waals surface area contributed by atoms with Crippen molar-refractivity contribution in [1.29, 1.82) is 0 Å². The number of amides is 1. The summed E-state index contributed by atoms with van der Waals surface area (Å²) in [6, 6.07) is 8.89. The molecule has 1 heterocycles. The first-order valence-corrected chi connectivity index (χ1v) is 6.79. The molecule has 6 heteroatoms. The molecule has 5 nitrogen and oxygen atoms in total. The molecule has 0 bridgehead atoms. The normalized spacial score (nSPS) is 12.2. The highest BCUT2D eigenvalue weighted by molar-refractivity contribution is 5.97. The zero-order chi connectivity index (χ0) is 15.5. The Morgan fingerprint density at radius 3 is 2.59 bits per heavy atom. The molecule has 0 radical (unpaired) electrons. The van der Waals surface area contributed by atoms with Gasteiger partial charge in [-0.15, -0.1) is 0 Å². The summed E-state index contributed by atoms with van der Waals surface area (Å²) in [5.74, 6) is -0.0126. The smallest absolute Gasteiger partial charge is 0.255 e. The van der Waals surface area contributed by atoms with Crippen molar-refractivity contribution in [1.82, 2.24) is 5.32 Å². The Balaban J connectivity index is 1.61. The van der Waals surface area contributed by atoms with Crippen molar-refractivity contribution in [3.05, 3.63) is 53.3 Å². The molecule has 0 spiro atoms. The second kappa shape index (κ2) is 5.93. The van der Waals surface area contributed by atoms with E-state index in [-0.39, 0.29) is 23.9 Å². The van der Waals surface area contributed by atoms with E-state index < -0.39 is 5.91 Å². The summed E-state index contributed by atoms with van der Waals surface area (Å²) in [4.78, 5) is 12.1. The van der Waals surface area contributed by atoms with Crippen LogP contribution in [0.4, 0.5) is 4.39 Å². The quantitative estimate of drug-likeness (QED) is 0.909. The summed E-state index contributed by atoms with van der Waals surface area (Å²) in [6.45, 7) is 0.447. The van der Waals surface area contributed by atoms with Gasteiger partial charge in [0.1, 0.15) is 11.6 Å². The van der Waals surface area contributed by atoms with Crippen LogP contribution in [-0.4, -0.2) is 24.4 Å². The van der Waals surface area contributed by atoms with E-state index in [1.807, 2.05) is 0 Å². The zero-order valence-corrected chi connectivity index (χ0v) is 11.6. The highest BCUT2D eigenvalue weighted by Gasteiger charge is 2.20. The van der Waals surface area contributed by atoms with Gasteiger partial charge in [-0.25, -0.2) is 4.39 Å². The fraction of sp³-hybridized carbons (Fsp3) is 0.188. The maximum atomic E-state index is 12.8. The third-order valence-corrected chi connectivity index (χ3v) is 3.35. The van der Waals surface area contributed by atoms with Gasteiger partial charge in [-0.2, -0.15) is 0 Å². The van der Waals surface area contributed by atoms with Gasteiger partial charge in [0.2, 0.25) is 6.79 Å². The minimum absolute atomic E-state index is 0.0738. The average molecular weight is 303 g/mol. The number of hydrogen-bond donors (Lipinski definition) is 2. The maximum Gasteiger partial charge on any atom is 0.255 e. The van der Waals surface area contributed by atoms with Gasteiger partial charge in [-0.05, 0) is 24.1 Å². The Morgan fingerprint density at radius 2 is 1.86 bits per heavy atom. The molecule has 1 aliphatic rings. The first kappa shape index (κ1) is 14.2. The van der Waals surface area contributed by atoms with E-state index in [1.165, 1.54) is 24.3 Å². The minimum atomic E-state index is -0.405. The monoisotopic (exact) mass is 303 g/mol. The standard InChI is InChI=1S/C16H14FNO4/c17-11-3-1-10(2-4-11)5-6-18-16(20)12-7-14-15(8-13(12)19)22-9-21-14/h1-4,7-8,19H,5-6,9H2,(H,18,20). The fourth-order valence-electron chi connectivity index (χ4n) is 2.18. The van der Waals surface area contributed by atoms with Crippen molar-refractivity contribution in [2.45, 2.75) is 6.42 Å². The lowest BCUT2D eigenvalue weighted by atomic mass is 10.1. The van der Waals surface area contributed by atoms with Crippen LogP contribution < -0.4 is 14.8 Å². The molecule has 2 aromatic rings. The van der Waals surface area contributed by atoms with Crippen molar-refractivity contribution in [3.63, 3.8) is 0 Å². The highest BCUT2D eigenvalue weighted by Crippen LogP contribution is 2.37. The lowest BCUT2D eigenvalue weighted by molar-refractivity contribution is 0.0951. The second-order valence-electron chi connectivity index (χ2n) is 4.85. The number of carbonyl (C=O) groups excluding carboxylic acids is 1. The molecule has 22 heavy (non-hydrogen) atoms. The van der Waals surface area contributed by atoms with Crippen LogP contribution in [0, 0.1) is 5.82 Å². The Morgan fingerprint density at radius 1 is 1.18 bits per heavy atom. The van der Waals surface area contributed by atoms with E-state index in [9.17, 15) is 14.3 Å². The Hall–Kier alpha value is -2.76. The van der Waals surface area contributed by atoms with Gasteiger partial charge in [-0.1, -0.05) is 12.1 Å². The number of rotatable bonds is 4. The molecule has 0 aromatic heterocycles. The van der Waals surface area contributed by atoms with Crippen molar-refractivity contribution < 1.29 is 23.8 Å². The number of phenolic OH excluding ortho intramolecular Hbond substituents is 1. The van der Waals surface area contributed by atoms with Gasteiger partial charge in [0, 0.05) is 18.7 Å². The summed E-state index contributed by atoms with van der Waals surface area (Å²) >= 11 is 0. The first-order valence-electron chi connectivity index (χ1n) is 6.79. The highest BCUT2D eigenvalue weighted by atomic mass is 19.1. The lowest BCUT2D eigenvalue weighted by Crippen LogP contribution is -2.25. The van der Waals surface area contributed by atoms with E-state index >= 15 is 0 Å². The summed E-state index contributed by atoms with van der Waals surface area (Å²) < 4.78 is 23.1. The van der Waals surface area contributed by atoms with Crippen molar-refractivity contribution in [3.8, 4) is 17.2 Å². The summed E-state index contributed by atoms with van der Waals surface area (Å²) in [5, 5.41) is 12.6.